The number of aromatic nitrogens is 2. The van der Waals surface area contributed by atoms with Crippen LogP contribution in [-0.2, 0) is 0 Å². The molecule has 0 saturated carbocycles. The summed E-state index contributed by atoms with van der Waals surface area (Å²) in [6.07, 6.45) is 0. The van der Waals surface area contributed by atoms with E-state index >= 15 is 0 Å². The Hall–Kier alpha value is -1.18. The average molecular weight is 335 g/mol. The number of nitrogen functional groups attached to an aromatic ring is 1. The van der Waals surface area contributed by atoms with Gasteiger partial charge in [-0.3, -0.25) is 0 Å². The standard InChI is InChI=1S/C10H8F2IN3/c1-5-9(13)10(14)16(15-5)8-3-2-6(11)4-7(8)12/h2-4H,14H2,1H3. The third kappa shape index (κ3) is 1.77. The summed E-state index contributed by atoms with van der Waals surface area (Å²) in [4.78, 5) is 0. The molecule has 2 rings (SSSR count). The molecule has 0 aliphatic carbocycles. The van der Waals surface area contributed by atoms with Gasteiger partial charge in [0.15, 0.2) is 5.82 Å². The van der Waals surface area contributed by atoms with Crippen LogP contribution < -0.4 is 5.73 Å². The van der Waals surface area contributed by atoms with Crippen molar-refractivity contribution < 1.29 is 8.78 Å². The lowest BCUT2D eigenvalue weighted by atomic mass is 10.3. The van der Waals surface area contributed by atoms with Gasteiger partial charge in [-0.15, -0.1) is 0 Å². The van der Waals surface area contributed by atoms with Gasteiger partial charge in [0, 0.05) is 6.07 Å². The molecule has 0 spiro atoms. The number of aryl methyl sites for hydroxylation is 1. The lowest BCUT2D eigenvalue weighted by Gasteiger charge is -2.05. The molecule has 2 aromatic rings. The minimum Gasteiger partial charge on any atom is -0.383 e. The van der Waals surface area contributed by atoms with E-state index in [-0.39, 0.29) is 5.69 Å². The Labute approximate surface area is 104 Å². The quantitative estimate of drug-likeness (QED) is 0.815. The van der Waals surface area contributed by atoms with Crippen LogP contribution in [0.5, 0.6) is 0 Å². The molecule has 1 aromatic heterocycles. The van der Waals surface area contributed by atoms with Gasteiger partial charge in [0.2, 0.25) is 0 Å². The number of rotatable bonds is 1. The minimum absolute atomic E-state index is 0.143. The predicted molar refractivity (Wildman–Crippen MR) is 65.3 cm³/mol. The topological polar surface area (TPSA) is 43.8 Å². The molecule has 84 valence electrons. The van der Waals surface area contributed by atoms with Gasteiger partial charge in [0.05, 0.1) is 9.26 Å². The van der Waals surface area contributed by atoms with Crippen LogP contribution in [0.15, 0.2) is 18.2 Å². The van der Waals surface area contributed by atoms with Gasteiger partial charge < -0.3 is 5.73 Å². The van der Waals surface area contributed by atoms with Crippen molar-refractivity contribution >= 4 is 28.4 Å². The number of nitrogens with zero attached hydrogens (tertiary/aromatic N) is 2. The molecule has 16 heavy (non-hydrogen) atoms. The van der Waals surface area contributed by atoms with Gasteiger partial charge in [-0.05, 0) is 41.6 Å². The highest BCUT2D eigenvalue weighted by Gasteiger charge is 2.14. The van der Waals surface area contributed by atoms with Gasteiger partial charge in [0.1, 0.15) is 17.3 Å². The number of hydrogen-bond donors (Lipinski definition) is 1. The van der Waals surface area contributed by atoms with Crippen LogP contribution in [0.1, 0.15) is 5.69 Å². The molecule has 3 nitrogen and oxygen atoms in total. The summed E-state index contributed by atoms with van der Waals surface area (Å²) in [5.41, 5.74) is 6.63. The fourth-order valence-corrected chi connectivity index (χ4v) is 1.70. The lowest BCUT2D eigenvalue weighted by molar-refractivity contribution is 0.574. The highest BCUT2D eigenvalue weighted by atomic mass is 127. The second kappa shape index (κ2) is 4.00. The van der Waals surface area contributed by atoms with Gasteiger partial charge >= 0.3 is 0 Å². The van der Waals surface area contributed by atoms with Crippen molar-refractivity contribution in [3.05, 3.63) is 39.1 Å². The van der Waals surface area contributed by atoms with Gasteiger partial charge in [-0.2, -0.15) is 5.10 Å². The Balaban J connectivity index is 2.63. The SMILES string of the molecule is Cc1nn(-c2ccc(F)cc2F)c(N)c1I. The molecule has 0 saturated heterocycles. The van der Waals surface area contributed by atoms with E-state index in [0.29, 0.717) is 11.5 Å². The summed E-state index contributed by atoms with van der Waals surface area (Å²) in [6.45, 7) is 1.77. The Morgan fingerprint density at radius 3 is 2.56 bits per heavy atom. The lowest BCUT2D eigenvalue weighted by Crippen LogP contribution is -2.05. The molecule has 0 bridgehead atoms. The predicted octanol–water partition coefficient (Wildman–Crippen LogP) is 2.65. The van der Waals surface area contributed by atoms with E-state index in [9.17, 15) is 8.78 Å². The molecule has 6 heteroatoms. The van der Waals surface area contributed by atoms with Gasteiger partial charge in [0.25, 0.3) is 0 Å². The summed E-state index contributed by atoms with van der Waals surface area (Å²) in [6, 6.07) is 3.28. The zero-order valence-electron chi connectivity index (χ0n) is 8.34. The van der Waals surface area contributed by atoms with Crippen LogP contribution in [0.25, 0.3) is 5.69 Å². The van der Waals surface area contributed by atoms with Crippen molar-refractivity contribution in [3.63, 3.8) is 0 Å². The summed E-state index contributed by atoms with van der Waals surface area (Å²) in [7, 11) is 0. The van der Waals surface area contributed by atoms with Crippen molar-refractivity contribution in [2.75, 3.05) is 5.73 Å². The minimum atomic E-state index is -0.689. The maximum absolute atomic E-state index is 13.5. The van der Waals surface area contributed by atoms with E-state index in [4.69, 9.17) is 5.73 Å². The van der Waals surface area contributed by atoms with Crippen molar-refractivity contribution in [2.45, 2.75) is 6.92 Å². The van der Waals surface area contributed by atoms with Crippen LogP contribution in [0.4, 0.5) is 14.6 Å². The fraction of sp³-hybridized carbons (Fsp3) is 0.100. The first-order chi connectivity index (χ1) is 7.50. The summed E-state index contributed by atoms with van der Waals surface area (Å²) in [5.74, 6) is -0.965. The number of hydrogen-bond acceptors (Lipinski definition) is 2. The highest BCUT2D eigenvalue weighted by Crippen LogP contribution is 2.23. The second-order valence-corrected chi connectivity index (χ2v) is 4.37. The second-order valence-electron chi connectivity index (χ2n) is 3.29. The Morgan fingerprint density at radius 2 is 2.06 bits per heavy atom. The zero-order chi connectivity index (χ0) is 11.9. The maximum atomic E-state index is 13.5. The van der Waals surface area contributed by atoms with E-state index < -0.39 is 11.6 Å². The van der Waals surface area contributed by atoms with Crippen molar-refractivity contribution in [1.29, 1.82) is 0 Å². The molecule has 0 aliphatic rings. The summed E-state index contributed by atoms with van der Waals surface area (Å²) >= 11 is 2.03. The molecule has 0 unspecified atom stereocenters. The first-order valence-corrected chi connectivity index (χ1v) is 5.54. The maximum Gasteiger partial charge on any atom is 0.151 e. The monoisotopic (exact) mass is 335 g/mol. The molecule has 1 aromatic carbocycles. The van der Waals surface area contributed by atoms with E-state index in [1.807, 2.05) is 22.6 Å². The van der Waals surface area contributed by atoms with Crippen LogP contribution >= 0.6 is 22.6 Å². The number of anilines is 1. The Morgan fingerprint density at radius 1 is 1.38 bits per heavy atom. The molecule has 1 heterocycles. The van der Waals surface area contributed by atoms with E-state index in [1.54, 1.807) is 6.92 Å². The van der Waals surface area contributed by atoms with Gasteiger partial charge in [-0.1, -0.05) is 0 Å². The Bertz CT molecular complexity index is 551. The largest absolute Gasteiger partial charge is 0.383 e. The molecular formula is C10H8F2IN3. The van der Waals surface area contributed by atoms with Crippen LogP contribution in [0.2, 0.25) is 0 Å². The van der Waals surface area contributed by atoms with Crippen molar-refractivity contribution in [1.82, 2.24) is 9.78 Å². The van der Waals surface area contributed by atoms with E-state index in [1.165, 1.54) is 16.8 Å². The fourth-order valence-electron chi connectivity index (χ4n) is 1.36. The summed E-state index contributed by atoms with van der Waals surface area (Å²) in [5, 5.41) is 4.09. The molecule has 0 atom stereocenters. The molecule has 0 fully saturated rings. The van der Waals surface area contributed by atoms with Crippen molar-refractivity contribution in [3.8, 4) is 5.69 Å². The molecule has 0 radical (unpaired) electrons. The molecule has 0 amide bonds. The highest BCUT2D eigenvalue weighted by molar-refractivity contribution is 14.1. The number of benzene rings is 1. The normalized spacial score (nSPS) is 10.8. The smallest absolute Gasteiger partial charge is 0.151 e. The molecular weight excluding hydrogens is 327 g/mol. The summed E-state index contributed by atoms with van der Waals surface area (Å²) < 4.78 is 28.3. The van der Waals surface area contributed by atoms with E-state index in [2.05, 4.69) is 5.10 Å². The van der Waals surface area contributed by atoms with Crippen LogP contribution in [0, 0.1) is 22.1 Å². The first kappa shape index (κ1) is 11.3. The third-order valence-electron chi connectivity index (χ3n) is 2.16. The van der Waals surface area contributed by atoms with E-state index in [0.717, 1.165) is 9.64 Å². The average Bonchev–Trinajstić information content (AvgIpc) is 2.46. The Kier molecular flexibility index (Phi) is 2.83. The first-order valence-electron chi connectivity index (χ1n) is 4.46. The number of nitrogens with two attached hydrogens (primary N) is 1. The van der Waals surface area contributed by atoms with Crippen LogP contribution in [0.3, 0.4) is 0 Å². The third-order valence-corrected chi connectivity index (χ3v) is 3.49. The molecule has 0 aliphatic heterocycles. The zero-order valence-corrected chi connectivity index (χ0v) is 10.5. The van der Waals surface area contributed by atoms with Crippen LogP contribution in [-0.4, -0.2) is 9.78 Å². The van der Waals surface area contributed by atoms with Gasteiger partial charge in [-0.25, -0.2) is 13.5 Å². The number of halogens is 3. The molecule has 2 N–H and O–H groups in total. The van der Waals surface area contributed by atoms with Crippen molar-refractivity contribution in [2.24, 2.45) is 0 Å².